The highest BCUT2D eigenvalue weighted by Gasteiger charge is 2.29. The smallest absolute Gasteiger partial charge is 0.340 e. The Morgan fingerprint density at radius 3 is 2.47 bits per heavy atom. The molecule has 2 aromatic carbocycles. The summed E-state index contributed by atoms with van der Waals surface area (Å²) in [6, 6.07) is 15.7. The Labute approximate surface area is 175 Å². The second-order valence-electron chi connectivity index (χ2n) is 6.97. The molecule has 1 aromatic heterocycles. The van der Waals surface area contributed by atoms with E-state index < -0.39 is 5.97 Å². The van der Waals surface area contributed by atoms with E-state index in [4.69, 9.17) is 19.9 Å². The van der Waals surface area contributed by atoms with Gasteiger partial charge in [-0.05, 0) is 36.3 Å². The van der Waals surface area contributed by atoms with Gasteiger partial charge >= 0.3 is 5.97 Å². The average Bonchev–Trinajstić information content (AvgIpc) is 3.11. The molecule has 6 nitrogen and oxygen atoms in total. The molecule has 0 amide bonds. The summed E-state index contributed by atoms with van der Waals surface area (Å²) in [5.74, 6) is 0.864. The van der Waals surface area contributed by atoms with Crippen molar-refractivity contribution in [3.63, 3.8) is 0 Å². The van der Waals surface area contributed by atoms with Gasteiger partial charge in [-0.2, -0.15) is 0 Å². The Hall–Kier alpha value is -3.67. The highest BCUT2D eigenvalue weighted by Crippen LogP contribution is 2.39. The molecule has 2 heterocycles. The highest BCUT2D eigenvalue weighted by atomic mass is 16.5. The maximum atomic E-state index is 12.8. The molecular formula is C24H24N2O4. The minimum absolute atomic E-state index is 0.283. The van der Waals surface area contributed by atoms with Gasteiger partial charge in [0.1, 0.15) is 0 Å². The maximum absolute atomic E-state index is 12.8. The molecule has 4 rings (SSSR count). The van der Waals surface area contributed by atoms with Crippen LogP contribution in [0, 0.1) is 0 Å². The van der Waals surface area contributed by atoms with Crippen LogP contribution in [0.15, 0.2) is 59.7 Å². The van der Waals surface area contributed by atoms with Crippen LogP contribution in [0.3, 0.4) is 0 Å². The van der Waals surface area contributed by atoms with Gasteiger partial charge in [-0.1, -0.05) is 30.3 Å². The van der Waals surface area contributed by atoms with Gasteiger partial charge in [0.15, 0.2) is 11.5 Å². The Morgan fingerprint density at radius 1 is 1.10 bits per heavy atom. The molecular weight excluding hydrogens is 380 g/mol. The summed E-state index contributed by atoms with van der Waals surface area (Å²) in [7, 11) is 3.21. The largest absolute Gasteiger partial charge is 0.493 e. The monoisotopic (exact) mass is 404 g/mol. The van der Waals surface area contributed by atoms with E-state index in [2.05, 4.69) is 4.57 Å². The van der Waals surface area contributed by atoms with Gasteiger partial charge in [-0.3, -0.25) is 0 Å². The van der Waals surface area contributed by atoms with Crippen molar-refractivity contribution in [1.29, 1.82) is 0 Å². The number of hydrogen-bond acceptors (Lipinski definition) is 5. The molecule has 0 saturated carbocycles. The predicted octanol–water partition coefficient (Wildman–Crippen LogP) is 3.99. The molecule has 0 bridgehead atoms. The van der Waals surface area contributed by atoms with Crippen LogP contribution >= 0.6 is 0 Å². The van der Waals surface area contributed by atoms with E-state index >= 15 is 0 Å². The molecule has 0 fully saturated rings. The second-order valence-corrected chi connectivity index (χ2v) is 6.97. The average molecular weight is 404 g/mol. The van der Waals surface area contributed by atoms with Crippen LogP contribution < -0.4 is 15.2 Å². The lowest BCUT2D eigenvalue weighted by Crippen LogP contribution is -2.23. The third kappa shape index (κ3) is 3.30. The van der Waals surface area contributed by atoms with Crippen molar-refractivity contribution in [2.24, 2.45) is 5.73 Å². The molecule has 0 saturated heterocycles. The molecule has 6 heteroatoms. The summed E-state index contributed by atoms with van der Waals surface area (Å²) in [5.41, 5.74) is 10.8. The standard InChI is InChI=1S/C24H24N2O4/c1-4-30-24(27)22-17(10-15-8-6-5-7-9-15)14-26-18-13-21(29-3)20(28-2)12-16(18)11-19(26)23(22)25/h5-13H,4,14,25H2,1-3H3/b17-10+. The molecule has 3 aromatic rings. The fraction of sp³-hybridized carbons (Fsp3) is 0.208. The lowest BCUT2D eigenvalue weighted by Gasteiger charge is -2.23. The number of methoxy groups -OCH3 is 2. The summed E-state index contributed by atoms with van der Waals surface area (Å²) < 4.78 is 18.3. The van der Waals surface area contributed by atoms with Gasteiger partial charge in [0, 0.05) is 18.0 Å². The Balaban J connectivity index is 1.94. The molecule has 0 radical (unpaired) electrons. The van der Waals surface area contributed by atoms with Gasteiger partial charge in [-0.25, -0.2) is 4.79 Å². The van der Waals surface area contributed by atoms with Crippen LogP contribution in [0.5, 0.6) is 11.5 Å². The summed E-state index contributed by atoms with van der Waals surface area (Å²) in [6.45, 7) is 2.55. The SMILES string of the molecule is CCOC(=O)C1=C(N)c2cc3cc(OC)c(OC)cc3n2C/C1=C\c1ccccc1. The van der Waals surface area contributed by atoms with Crippen LogP contribution in [0.2, 0.25) is 0 Å². The normalized spacial score (nSPS) is 14.7. The minimum atomic E-state index is -0.413. The number of fused-ring (bicyclic) bond motifs is 3. The molecule has 0 spiro atoms. The maximum Gasteiger partial charge on any atom is 0.340 e. The number of nitrogens with zero attached hydrogens (tertiary/aromatic N) is 1. The number of esters is 1. The van der Waals surface area contributed by atoms with Crippen LogP contribution in [0.25, 0.3) is 22.7 Å². The van der Waals surface area contributed by atoms with E-state index in [1.165, 1.54) is 0 Å². The molecule has 0 unspecified atom stereocenters. The van der Waals surface area contributed by atoms with Gasteiger partial charge in [0.25, 0.3) is 0 Å². The number of benzene rings is 2. The topological polar surface area (TPSA) is 75.7 Å². The number of aromatic nitrogens is 1. The van der Waals surface area contributed by atoms with Crippen LogP contribution in [-0.2, 0) is 16.1 Å². The van der Waals surface area contributed by atoms with E-state index in [0.29, 0.717) is 29.3 Å². The molecule has 30 heavy (non-hydrogen) atoms. The van der Waals surface area contributed by atoms with E-state index in [1.54, 1.807) is 21.1 Å². The predicted molar refractivity (Wildman–Crippen MR) is 117 cm³/mol. The number of carbonyl (C=O) groups excluding carboxylic acids is 1. The first-order valence-corrected chi connectivity index (χ1v) is 9.75. The van der Waals surface area contributed by atoms with Gasteiger partial charge in [-0.15, -0.1) is 0 Å². The van der Waals surface area contributed by atoms with Crippen molar-refractivity contribution in [1.82, 2.24) is 4.57 Å². The molecule has 1 aliphatic rings. The lowest BCUT2D eigenvalue weighted by atomic mass is 9.96. The number of ether oxygens (including phenoxy) is 3. The first-order chi connectivity index (χ1) is 14.6. The van der Waals surface area contributed by atoms with Crippen LogP contribution in [-0.4, -0.2) is 31.4 Å². The number of rotatable bonds is 5. The first-order valence-electron chi connectivity index (χ1n) is 9.75. The summed E-state index contributed by atoms with van der Waals surface area (Å²) in [5, 5.41) is 0.953. The van der Waals surface area contributed by atoms with Gasteiger partial charge < -0.3 is 24.5 Å². The number of nitrogens with two attached hydrogens (primary N) is 1. The van der Waals surface area contributed by atoms with Gasteiger partial charge in [0.2, 0.25) is 0 Å². The zero-order valence-corrected chi connectivity index (χ0v) is 17.3. The quantitative estimate of drug-likeness (QED) is 0.651. The van der Waals surface area contributed by atoms with Crippen molar-refractivity contribution >= 4 is 28.6 Å². The Morgan fingerprint density at radius 2 is 1.80 bits per heavy atom. The fourth-order valence-corrected chi connectivity index (χ4v) is 3.84. The minimum Gasteiger partial charge on any atom is -0.493 e. The van der Waals surface area contributed by atoms with E-state index in [0.717, 1.165) is 27.7 Å². The molecule has 0 aliphatic carbocycles. The van der Waals surface area contributed by atoms with Gasteiger partial charge in [0.05, 0.1) is 43.3 Å². The van der Waals surface area contributed by atoms with E-state index in [9.17, 15) is 4.79 Å². The highest BCUT2D eigenvalue weighted by molar-refractivity contribution is 6.05. The third-order valence-corrected chi connectivity index (χ3v) is 5.22. The Bertz CT molecular complexity index is 1170. The summed E-state index contributed by atoms with van der Waals surface area (Å²) in [4.78, 5) is 12.8. The van der Waals surface area contributed by atoms with Crippen molar-refractivity contribution in [3.05, 3.63) is 70.9 Å². The fourth-order valence-electron chi connectivity index (χ4n) is 3.84. The molecule has 1 aliphatic heterocycles. The number of carbonyl (C=O) groups is 1. The Kier molecular flexibility index (Phi) is 5.23. The second kappa shape index (κ2) is 7.99. The first kappa shape index (κ1) is 19.6. The van der Waals surface area contributed by atoms with E-state index in [1.807, 2.05) is 54.6 Å². The number of hydrogen-bond donors (Lipinski definition) is 1. The zero-order valence-electron chi connectivity index (χ0n) is 17.3. The van der Waals surface area contributed by atoms with Crippen molar-refractivity contribution in [2.45, 2.75) is 13.5 Å². The summed E-state index contributed by atoms with van der Waals surface area (Å²) >= 11 is 0. The van der Waals surface area contributed by atoms with Crippen molar-refractivity contribution in [2.75, 3.05) is 20.8 Å². The third-order valence-electron chi connectivity index (χ3n) is 5.22. The summed E-state index contributed by atoms with van der Waals surface area (Å²) in [6.07, 6.45) is 1.98. The molecule has 154 valence electrons. The lowest BCUT2D eigenvalue weighted by molar-refractivity contribution is -0.138. The van der Waals surface area contributed by atoms with E-state index in [-0.39, 0.29) is 6.61 Å². The van der Waals surface area contributed by atoms with Crippen molar-refractivity contribution < 1.29 is 19.0 Å². The molecule has 0 atom stereocenters. The van der Waals surface area contributed by atoms with Crippen LogP contribution in [0.1, 0.15) is 18.2 Å². The molecule has 2 N–H and O–H groups in total. The zero-order chi connectivity index (χ0) is 21.3. The van der Waals surface area contributed by atoms with Crippen LogP contribution in [0.4, 0.5) is 0 Å². The van der Waals surface area contributed by atoms with Crippen molar-refractivity contribution in [3.8, 4) is 11.5 Å².